The molecule has 3 amide bonds. The Morgan fingerprint density at radius 3 is 2.52 bits per heavy atom. The van der Waals surface area contributed by atoms with Gasteiger partial charge in [-0.2, -0.15) is 0 Å². The van der Waals surface area contributed by atoms with Crippen molar-refractivity contribution in [3.05, 3.63) is 0 Å². The molecule has 0 aromatic carbocycles. The number of nitrogens with one attached hydrogen (secondary N) is 2. The molecule has 1 atom stereocenters. The topological polar surface area (TPSA) is 61.4 Å². The Hall–Kier alpha value is -1.26. The van der Waals surface area contributed by atoms with Crippen LogP contribution in [0.2, 0.25) is 0 Å². The van der Waals surface area contributed by atoms with E-state index in [2.05, 4.69) is 24.5 Å². The third-order valence-electron chi connectivity index (χ3n) is 6.27. The van der Waals surface area contributed by atoms with Crippen LogP contribution in [0.4, 0.5) is 4.79 Å². The molecule has 3 aliphatic rings. The van der Waals surface area contributed by atoms with Gasteiger partial charge in [-0.25, -0.2) is 4.79 Å². The van der Waals surface area contributed by atoms with Gasteiger partial charge in [-0.15, -0.1) is 0 Å². The summed E-state index contributed by atoms with van der Waals surface area (Å²) in [5, 5.41) is 6.18. The highest BCUT2D eigenvalue weighted by Crippen LogP contribution is 2.49. The number of hydrogen-bond acceptors (Lipinski definition) is 2. The average molecular weight is 350 g/mol. The summed E-state index contributed by atoms with van der Waals surface area (Å²) in [7, 11) is 0. The van der Waals surface area contributed by atoms with Crippen molar-refractivity contribution >= 4 is 11.9 Å². The van der Waals surface area contributed by atoms with Crippen LogP contribution >= 0.6 is 0 Å². The Labute approximate surface area is 152 Å². The minimum atomic E-state index is 0.0866. The molecular formula is C20H35N3O2. The lowest BCUT2D eigenvalue weighted by Gasteiger charge is -2.38. The van der Waals surface area contributed by atoms with Gasteiger partial charge in [0.15, 0.2) is 0 Å². The molecule has 3 fully saturated rings. The van der Waals surface area contributed by atoms with Gasteiger partial charge in [0.2, 0.25) is 5.91 Å². The molecule has 25 heavy (non-hydrogen) atoms. The summed E-state index contributed by atoms with van der Waals surface area (Å²) in [6.07, 6.45) is 10.1. The molecule has 0 radical (unpaired) electrons. The van der Waals surface area contributed by atoms with Gasteiger partial charge in [0.05, 0.1) is 0 Å². The first kappa shape index (κ1) is 18.5. The zero-order valence-corrected chi connectivity index (χ0v) is 16.0. The van der Waals surface area contributed by atoms with E-state index in [0.717, 1.165) is 38.9 Å². The lowest BCUT2D eigenvalue weighted by atomic mass is 9.66. The quantitative estimate of drug-likeness (QED) is 0.773. The molecule has 1 spiro atoms. The normalized spacial score (nSPS) is 25.4. The van der Waals surface area contributed by atoms with Crippen LogP contribution in [0.3, 0.4) is 0 Å². The second-order valence-corrected chi connectivity index (χ2v) is 8.96. The Bertz CT molecular complexity index is 481. The number of rotatable bonds is 6. The average Bonchev–Trinajstić information content (AvgIpc) is 3.33. The highest BCUT2D eigenvalue weighted by Gasteiger charge is 2.47. The molecule has 1 heterocycles. The summed E-state index contributed by atoms with van der Waals surface area (Å²) in [5.74, 6) is 1.15. The number of amides is 3. The van der Waals surface area contributed by atoms with E-state index >= 15 is 0 Å². The maximum absolute atomic E-state index is 12.5. The zero-order valence-electron chi connectivity index (χ0n) is 16.0. The molecular weight excluding hydrogens is 314 g/mol. The van der Waals surface area contributed by atoms with Crippen molar-refractivity contribution in [2.45, 2.75) is 77.7 Å². The zero-order chi connectivity index (χ0) is 17.9. The molecule has 1 unspecified atom stereocenters. The van der Waals surface area contributed by atoms with E-state index in [9.17, 15) is 9.59 Å². The van der Waals surface area contributed by atoms with Crippen LogP contribution in [0.15, 0.2) is 0 Å². The van der Waals surface area contributed by atoms with Gasteiger partial charge in [-0.3, -0.25) is 4.79 Å². The van der Waals surface area contributed by atoms with Crippen molar-refractivity contribution in [1.29, 1.82) is 0 Å². The molecule has 5 heteroatoms. The lowest BCUT2D eigenvalue weighted by Crippen LogP contribution is -2.41. The lowest BCUT2D eigenvalue weighted by molar-refractivity contribution is -0.121. The van der Waals surface area contributed by atoms with Gasteiger partial charge >= 0.3 is 6.03 Å². The monoisotopic (exact) mass is 349 g/mol. The molecule has 2 aliphatic carbocycles. The van der Waals surface area contributed by atoms with E-state index < -0.39 is 0 Å². The fourth-order valence-electron chi connectivity index (χ4n) is 4.64. The van der Waals surface area contributed by atoms with Gasteiger partial charge < -0.3 is 15.5 Å². The predicted molar refractivity (Wildman–Crippen MR) is 99.2 cm³/mol. The molecule has 0 bridgehead atoms. The number of nitrogens with zero attached hydrogens (tertiary/aromatic N) is 1. The number of hydrogen-bond donors (Lipinski definition) is 2. The van der Waals surface area contributed by atoms with E-state index in [-0.39, 0.29) is 17.4 Å². The van der Waals surface area contributed by atoms with Crippen LogP contribution in [-0.4, -0.2) is 42.5 Å². The van der Waals surface area contributed by atoms with Crippen LogP contribution < -0.4 is 10.6 Å². The SMILES string of the molecule is CC(C)CNC(=O)N1CC(CCC(=O)NC2CC2)C2(CCCCC2)C1. The summed E-state index contributed by atoms with van der Waals surface area (Å²) in [6.45, 7) is 6.67. The number of carbonyl (C=O) groups is 2. The minimum Gasteiger partial charge on any atom is -0.353 e. The third kappa shape index (κ3) is 4.89. The fraction of sp³-hybridized carbons (Fsp3) is 0.900. The van der Waals surface area contributed by atoms with Gasteiger partial charge in [0, 0.05) is 32.1 Å². The van der Waals surface area contributed by atoms with Gasteiger partial charge in [0.1, 0.15) is 0 Å². The second-order valence-electron chi connectivity index (χ2n) is 8.96. The Kier molecular flexibility index (Phi) is 5.90. The molecule has 2 saturated carbocycles. The minimum absolute atomic E-state index is 0.0866. The van der Waals surface area contributed by atoms with Gasteiger partial charge in [-0.05, 0) is 49.4 Å². The largest absolute Gasteiger partial charge is 0.353 e. The molecule has 1 saturated heterocycles. The summed E-state index contributed by atoms with van der Waals surface area (Å²) in [6, 6.07) is 0.529. The molecule has 5 nitrogen and oxygen atoms in total. The van der Waals surface area contributed by atoms with Crippen molar-refractivity contribution in [1.82, 2.24) is 15.5 Å². The van der Waals surface area contributed by atoms with Gasteiger partial charge in [-0.1, -0.05) is 33.1 Å². The Morgan fingerprint density at radius 2 is 1.88 bits per heavy atom. The van der Waals surface area contributed by atoms with Crippen molar-refractivity contribution < 1.29 is 9.59 Å². The molecule has 1 aliphatic heterocycles. The highest BCUT2D eigenvalue weighted by molar-refractivity contribution is 5.76. The Morgan fingerprint density at radius 1 is 1.16 bits per heavy atom. The van der Waals surface area contributed by atoms with Crippen LogP contribution in [0.25, 0.3) is 0 Å². The van der Waals surface area contributed by atoms with E-state index in [1.54, 1.807) is 0 Å². The molecule has 3 rings (SSSR count). The summed E-state index contributed by atoms with van der Waals surface area (Å²) in [4.78, 5) is 26.7. The molecule has 0 aromatic heterocycles. The van der Waals surface area contributed by atoms with Crippen molar-refractivity contribution in [2.75, 3.05) is 19.6 Å². The van der Waals surface area contributed by atoms with Crippen molar-refractivity contribution in [3.63, 3.8) is 0 Å². The fourth-order valence-corrected chi connectivity index (χ4v) is 4.64. The van der Waals surface area contributed by atoms with E-state index in [1.807, 2.05) is 4.90 Å². The van der Waals surface area contributed by atoms with Crippen LogP contribution in [0.1, 0.15) is 71.6 Å². The van der Waals surface area contributed by atoms with E-state index in [0.29, 0.717) is 24.3 Å². The standard InChI is InChI=1S/C20H35N3O2/c1-15(2)12-21-19(25)23-13-16(6-9-18(24)22-17-7-8-17)20(14-23)10-4-3-5-11-20/h15-17H,3-14H2,1-2H3,(H,21,25)(H,22,24). The summed E-state index contributed by atoms with van der Waals surface area (Å²) in [5.41, 5.74) is 0.257. The van der Waals surface area contributed by atoms with E-state index in [4.69, 9.17) is 0 Å². The number of likely N-dealkylation sites (tertiary alicyclic amines) is 1. The predicted octanol–water partition coefficient (Wildman–Crippen LogP) is 3.29. The van der Waals surface area contributed by atoms with E-state index in [1.165, 1.54) is 32.1 Å². The number of urea groups is 1. The highest BCUT2D eigenvalue weighted by atomic mass is 16.2. The maximum Gasteiger partial charge on any atom is 0.317 e. The van der Waals surface area contributed by atoms with Gasteiger partial charge in [0.25, 0.3) is 0 Å². The van der Waals surface area contributed by atoms with Crippen LogP contribution in [-0.2, 0) is 4.79 Å². The van der Waals surface area contributed by atoms with Crippen LogP contribution in [0, 0.1) is 17.3 Å². The first-order valence-corrected chi connectivity index (χ1v) is 10.3. The molecule has 2 N–H and O–H groups in total. The first-order chi connectivity index (χ1) is 12.0. The first-order valence-electron chi connectivity index (χ1n) is 10.3. The summed E-state index contributed by atoms with van der Waals surface area (Å²) < 4.78 is 0. The maximum atomic E-state index is 12.5. The smallest absolute Gasteiger partial charge is 0.317 e. The Balaban J connectivity index is 1.57. The summed E-state index contributed by atoms with van der Waals surface area (Å²) >= 11 is 0. The number of carbonyl (C=O) groups excluding carboxylic acids is 2. The van der Waals surface area contributed by atoms with Crippen LogP contribution in [0.5, 0.6) is 0 Å². The molecule has 0 aromatic rings. The van der Waals surface area contributed by atoms with Crippen molar-refractivity contribution in [2.24, 2.45) is 17.3 Å². The second kappa shape index (κ2) is 7.96. The third-order valence-corrected chi connectivity index (χ3v) is 6.27. The van der Waals surface area contributed by atoms with Crippen molar-refractivity contribution in [3.8, 4) is 0 Å². The molecule has 142 valence electrons.